The normalized spacial score (nSPS) is 11.2. The molecule has 0 spiro atoms. The number of para-hydroxylation sites is 1. The zero-order valence-electron chi connectivity index (χ0n) is 16.2. The molecule has 6 rings (SSSR count). The van der Waals surface area contributed by atoms with Crippen molar-refractivity contribution in [3.63, 3.8) is 0 Å². The highest BCUT2D eigenvalue weighted by Gasteiger charge is 2.20. The van der Waals surface area contributed by atoms with Gasteiger partial charge in [0.15, 0.2) is 10.8 Å². The summed E-state index contributed by atoms with van der Waals surface area (Å²) in [5.74, 6) is 0.691. The van der Waals surface area contributed by atoms with Gasteiger partial charge in [-0.2, -0.15) is 14.7 Å². The van der Waals surface area contributed by atoms with Crippen LogP contribution in [0.4, 0.5) is 0 Å². The third-order valence-electron chi connectivity index (χ3n) is 4.94. The van der Waals surface area contributed by atoms with Crippen LogP contribution >= 0.6 is 11.3 Å². The lowest BCUT2D eigenvalue weighted by Gasteiger charge is -2.00. The number of hydrogen-bond donors (Lipinski definition) is 0. The quantitative estimate of drug-likeness (QED) is 0.410. The molecule has 0 saturated heterocycles. The summed E-state index contributed by atoms with van der Waals surface area (Å²) >= 11 is 1.49. The van der Waals surface area contributed by atoms with Gasteiger partial charge >= 0.3 is 0 Å². The minimum absolute atomic E-state index is 0.691. The van der Waals surface area contributed by atoms with Crippen molar-refractivity contribution >= 4 is 16.3 Å². The van der Waals surface area contributed by atoms with Gasteiger partial charge in [-0.1, -0.05) is 59.9 Å². The monoisotopic (exact) mass is 421 g/mol. The third-order valence-corrected chi connectivity index (χ3v) is 5.87. The van der Waals surface area contributed by atoms with Crippen LogP contribution in [0.25, 0.3) is 43.9 Å². The third kappa shape index (κ3) is 3.10. The minimum atomic E-state index is 0.691. The van der Waals surface area contributed by atoms with E-state index in [1.54, 1.807) is 16.9 Å². The van der Waals surface area contributed by atoms with Gasteiger partial charge in [-0.05, 0) is 24.3 Å². The highest BCUT2D eigenvalue weighted by Crippen LogP contribution is 2.35. The number of rotatable bonds is 4. The fourth-order valence-corrected chi connectivity index (χ4v) is 4.31. The van der Waals surface area contributed by atoms with Crippen molar-refractivity contribution in [2.75, 3.05) is 0 Å². The summed E-state index contributed by atoms with van der Waals surface area (Å²) < 4.78 is 3.67. The molecule has 6 aromatic rings. The lowest BCUT2D eigenvalue weighted by molar-refractivity contribution is 0.884. The van der Waals surface area contributed by atoms with E-state index in [0.29, 0.717) is 5.82 Å². The first-order valence-electron chi connectivity index (χ1n) is 9.70. The molecule has 7 nitrogen and oxygen atoms in total. The molecule has 0 N–H and O–H groups in total. The largest absolute Gasteiger partial charge is 0.265 e. The van der Waals surface area contributed by atoms with E-state index in [-0.39, 0.29) is 0 Å². The Morgan fingerprint density at radius 1 is 0.710 bits per heavy atom. The van der Waals surface area contributed by atoms with Crippen LogP contribution in [0.15, 0.2) is 91.4 Å². The molecule has 2 aromatic carbocycles. The summed E-state index contributed by atoms with van der Waals surface area (Å²) in [6.45, 7) is 0. The minimum Gasteiger partial charge on any atom is -0.265 e. The smallest absolute Gasteiger partial charge is 0.235 e. The topological polar surface area (TPSA) is 73.8 Å². The fourth-order valence-electron chi connectivity index (χ4n) is 3.46. The lowest BCUT2D eigenvalue weighted by Crippen LogP contribution is -1.93. The zero-order valence-corrected chi connectivity index (χ0v) is 17.0. The van der Waals surface area contributed by atoms with E-state index in [4.69, 9.17) is 10.2 Å². The van der Waals surface area contributed by atoms with Crippen LogP contribution in [-0.4, -0.2) is 34.6 Å². The summed E-state index contributed by atoms with van der Waals surface area (Å²) in [4.78, 5) is 4.81. The second kappa shape index (κ2) is 7.26. The Hall–Kier alpha value is -4.17. The van der Waals surface area contributed by atoms with Gasteiger partial charge in [-0.15, -0.1) is 10.2 Å². The highest BCUT2D eigenvalue weighted by molar-refractivity contribution is 7.19. The maximum Gasteiger partial charge on any atom is 0.235 e. The van der Waals surface area contributed by atoms with Crippen LogP contribution in [0.5, 0.6) is 0 Å². The molecule has 0 radical (unpaired) electrons. The summed E-state index contributed by atoms with van der Waals surface area (Å²) in [5.41, 5.74) is 4.77. The van der Waals surface area contributed by atoms with Gasteiger partial charge in [0.1, 0.15) is 5.69 Å². The van der Waals surface area contributed by atoms with Gasteiger partial charge in [0, 0.05) is 29.7 Å². The number of benzene rings is 2. The molecule has 0 bridgehead atoms. The Morgan fingerprint density at radius 2 is 1.45 bits per heavy atom. The van der Waals surface area contributed by atoms with Gasteiger partial charge in [-0.25, -0.2) is 4.68 Å². The van der Waals surface area contributed by atoms with Crippen molar-refractivity contribution in [2.45, 2.75) is 0 Å². The van der Waals surface area contributed by atoms with Crippen LogP contribution in [0.2, 0.25) is 0 Å². The Morgan fingerprint density at radius 3 is 2.23 bits per heavy atom. The van der Waals surface area contributed by atoms with Crippen molar-refractivity contribution < 1.29 is 0 Å². The molecule has 148 valence electrons. The first-order chi connectivity index (χ1) is 15.4. The highest BCUT2D eigenvalue weighted by atomic mass is 32.1. The van der Waals surface area contributed by atoms with E-state index in [9.17, 15) is 0 Å². The molecule has 4 heterocycles. The number of hydrogen-bond acceptors (Lipinski definition) is 6. The average molecular weight is 421 g/mol. The fraction of sp³-hybridized carbons (Fsp3) is 0. The maximum absolute atomic E-state index is 4.89. The molecule has 0 aliphatic carbocycles. The van der Waals surface area contributed by atoms with Crippen molar-refractivity contribution in [2.24, 2.45) is 0 Å². The zero-order chi connectivity index (χ0) is 20.6. The molecule has 0 atom stereocenters. The van der Waals surface area contributed by atoms with Crippen molar-refractivity contribution in [3.8, 4) is 38.9 Å². The second-order valence-electron chi connectivity index (χ2n) is 6.90. The van der Waals surface area contributed by atoms with E-state index in [1.165, 1.54) is 11.3 Å². The summed E-state index contributed by atoms with van der Waals surface area (Å²) in [7, 11) is 0. The summed E-state index contributed by atoms with van der Waals surface area (Å²) in [6, 6.07) is 24.0. The Bertz CT molecular complexity index is 1470. The number of aromatic nitrogens is 7. The van der Waals surface area contributed by atoms with Crippen molar-refractivity contribution in [1.29, 1.82) is 0 Å². The van der Waals surface area contributed by atoms with Crippen LogP contribution in [0, 0.1) is 0 Å². The predicted molar refractivity (Wildman–Crippen MR) is 120 cm³/mol. The number of nitrogens with zero attached hydrogens (tertiary/aromatic N) is 7. The Balaban J connectivity index is 1.53. The molecule has 8 heteroatoms. The summed E-state index contributed by atoms with van der Waals surface area (Å²) in [5, 5.41) is 19.2. The number of pyridine rings is 1. The molecular formula is C23H15N7S. The van der Waals surface area contributed by atoms with E-state index < -0.39 is 0 Å². The van der Waals surface area contributed by atoms with Gasteiger partial charge in [0.05, 0.1) is 11.3 Å². The SMILES string of the molecule is c1ccc(-c2nn(-c3ccccc3)cc2-c2nn3c(-c4ccncc4)nnc3s2)cc1. The molecule has 0 saturated carbocycles. The summed E-state index contributed by atoms with van der Waals surface area (Å²) in [6.07, 6.45) is 5.50. The van der Waals surface area contributed by atoms with Crippen molar-refractivity contribution in [3.05, 3.63) is 91.4 Å². The molecule has 31 heavy (non-hydrogen) atoms. The molecule has 0 fully saturated rings. The van der Waals surface area contributed by atoms with Crippen molar-refractivity contribution in [1.82, 2.24) is 34.6 Å². The molecule has 0 aliphatic rings. The Kier molecular flexibility index (Phi) is 4.14. The Labute approximate surface area is 181 Å². The lowest BCUT2D eigenvalue weighted by atomic mass is 10.1. The standard InChI is InChI=1S/C23H15N7S/c1-3-7-16(8-4-1)20-19(15-29(27-20)18-9-5-2-6-10-18)22-28-30-21(25-26-23(30)31-22)17-11-13-24-14-12-17/h1-15H. The first-order valence-corrected chi connectivity index (χ1v) is 10.5. The van der Waals surface area contributed by atoms with Gasteiger partial charge in [0.25, 0.3) is 0 Å². The molecule has 0 aliphatic heterocycles. The molecular weight excluding hydrogens is 406 g/mol. The predicted octanol–water partition coefficient (Wildman–Crippen LogP) is 4.77. The number of fused-ring (bicyclic) bond motifs is 1. The molecule has 0 amide bonds. The molecule has 0 unspecified atom stereocenters. The second-order valence-corrected chi connectivity index (χ2v) is 7.85. The first kappa shape index (κ1) is 17.7. The van der Waals surface area contributed by atoms with Gasteiger partial charge in [-0.3, -0.25) is 4.98 Å². The van der Waals surface area contributed by atoms with Crippen LogP contribution in [0.3, 0.4) is 0 Å². The molecule has 4 aromatic heterocycles. The van der Waals surface area contributed by atoms with E-state index in [1.807, 2.05) is 71.5 Å². The van der Waals surface area contributed by atoms with E-state index in [2.05, 4.69) is 27.3 Å². The van der Waals surface area contributed by atoms with Crippen LogP contribution < -0.4 is 0 Å². The van der Waals surface area contributed by atoms with Gasteiger partial charge < -0.3 is 0 Å². The average Bonchev–Trinajstić information content (AvgIpc) is 3.55. The van der Waals surface area contributed by atoms with Crippen LogP contribution in [-0.2, 0) is 0 Å². The maximum atomic E-state index is 4.89. The van der Waals surface area contributed by atoms with E-state index in [0.717, 1.165) is 38.0 Å². The van der Waals surface area contributed by atoms with Crippen LogP contribution in [0.1, 0.15) is 0 Å². The van der Waals surface area contributed by atoms with E-state index >= 15 is 0 Å². The van der Waals surface area contributed by atoms with Gasteiger partial charge in [0.2, 0.25) is 4.96 Å².